The van der Waals surface area contributed by atoms with E-state index < -0.39 is 34.1 Å². The SMILES string of the molecule is COc1ccc(S(=O)(=O)N(C)C[C@@H]2OCCCC[C@@H](C)Oc3ccc(NC(=O)NC(C)C)cc3C(=O)N([C@@H](C)CO)C[C@H]2C)cc1. The van der Waals surface area contributed by atoms with Crippen molar-refractivity contribution in [1.29, 1.82) is 0 Å². The lowest BCUT2D eigenvalue weighted by molar-refractivity contribution is -0.00834. The van der Waals surface area contributed by atoms with Crippen molar-refractivity contribution in [3.8, 4) is 11.5 Å². The highest BCUT2D eigenvalue weighted by Gasteiger charge is 2.32. The van der Waals surface area contributed by atoms with Gasteiger partial charge in [0.1, 0.15) is 11.5 Å². The van der Waals surface area contributed by atoms with Crippen LogP contribution in [0.25, 0.3) is 0 Å². The number of fused-ring (bicyclic) bond motifs is 1. The van der Waals surface area contributed by atoms with Gasteiger partial charge in [0.15, 0.2) is 0 Å². The van der Waals surface area contributed by atoms with E-state index >= 15 is 0 Å². The minimum atomic E-state index is -3.84. The van der Waals surface area contributed by atoms with Crippen molar-refractivity contribution in [3.05, 3.63) is 48.0 Å². The number of anilines is 1. The molecule has 3 N–H and O–H groups in total. The van der Waals surface area contributed by atoms with Crippen LogP contribution in [0.3, 0.4) is 0 Å². The first-order valence-corrected chi connectivity index (χ1v) is 17.2. The van der Waals surface area contributed by atoms with Crippen molar-refractivity contribution in [1.82, 2.24) is 14.5 Å². The summed E-state index contributed by atoms with van der Waals surface area (Å²) in [5.74, 6) is 0.218. The second kappa shape index (κ2) is 17.0. The highest BCUT2D eigenvalue weighted by molar-refractivity contribution is 7.89. The Morgan fingerprint density at radius 1 is 1.13 bits per heavy atom. The first kappa shape index (κ1) is 37.1. The highest BCUT2D eigenvalue weighted by Crippen LogP contribution is 2.29. The number of hydrogen-bond donors (Lipinski definition) is 3. The zero-order valence-corrected chi connectivity index (χ0v) is 28.8. The fourth-order valence-electron chi connectivity index (χ4n) is 5.17. The Hall–Kier alpha value is -3.39. The summed E-state index contributed by atoms with van der Waals surface area (Å²) in [7, 11) is -0.813. The minimum Gasteiger partial charge on any atom is -0.497 e. The number of methoxy groups -OCH3 is 1. The van der Waals surface area contributed by atoms with Crippen LogP contribution in [0.4, 0.5) is 10.5 Å². The molecule has 0 aliphatic carbocycles. The molecule has 0 aromatic heterocycles. The summed E-state index contributed by atoms with van der Waals surface area (Å²) in [6, 6.07) is 10.1. The van der Waals surface area contributed by atoms with Gasteiger partial charge in [-0.15, -0.1) is 0 Å². The summed E-state index contributed by atoms with van der Waals surface area (Å²) in [5, 5.41) is 15.7. The normalized spacial score (nSPS) is 20.8. The molecule has 1 aliphatic heterocycles. The standard InChI is InChI=1S/C33H50N4O8S/c1-22(2)34-33(40)35-26-11-16-30-29(18-26)32(39)37(24(4)21-38)19-23(3)31(44-17-9-8-10-25(5)45-30)20-36(6)46(41,42)28-14-12-27(43-7)13-15-28/h11-16,18,22-25,31,38H,8-10,17,19-21H2,1-7H3,(H2,34,35,40)/t23-,24+,25-,31+/m1/s1. The second-order valence-corrected chi connectivity index (χ2v) is 14.3. The van der Waals surface area contributed by atoms with Crippen molar-refractivity contribution < 1.29 is 37.3 Å². The molecule has 1 aliphatic rings. The van der Waals surface area contributed by atoms with Crippen molar-refractivity contribution in [2.24, 2.45) is 5.92 Å². The van der Waals surface area contributed by atoms with E-state index in [9.17, 15) is 23.1 Å². The molecule has 46 heavy (non-hydrogen) atoms. The number of hydrogen-bond acceptors (Lipinski definition) is 8. The van der Waals surface area contributed by atoms with Crippen LogP contribution in [-0.2, 0) is 14.8 Å². The molecule has 0 radical (unpaired) electrons. The third-order valence-electron chi connectivity index (χ3n) is 7.93. The molecule has 3 rings (SSSR count). The zero-order chi connectivity index (χ0) is 34.0. The molecule has 2 aromatic rings. The summed E-state index contributed by atoms with van der Waals surface area (Å²) in [5.41, 5.74) is 0.661. The lowest BCUT2D eigenvalue weighted by Gasteiger charge is -2.35. The number of aliphatic hydroxyl groups is 1. The molecule has 256 valence electrons. The van der Waals surface area contributed by atoms with Crippen molar-refractivity contribution in [2.75, 3.05) is 45.8 Å². The number of nitrogens with one attached hydrogen (secondary N) is 2. The molecule has 1 heterocycles. The molecular weight excluding hydrogens is 612 g/mol. The summed E-state index contributed by atoms with van der Waals surface area (Å²) < 4.78 is 45.9. The average molecular weight is 663 g/mol. The summed E-state index contributed by atoms with van der Waals surface area (Å²) in [6.07, 6.45) is 1.48. The molecule has 0 spiro atoms. The number of ether oxygens (including phenoxy) is 3. The first-order valence-electron chi connectivity index (χ1n) is 15.8. The number of nitrogens with zero attached hydrogens (tertiary/aromatic N) is 2. The van der Waals surface area contributed by atoms with E-state index in [1.54, 1.807) is 42.2 Å². The molecule has 4 atom stereocenters. The summed E-state index contributed by atoms with van der Waals surface area (Å²) in [4.78, 5) is 28.4. The topological polar surface area (TPSA) is 147 Å². The van der Waals surface area contributed by atoms with Crippen molar-refractivity contribution >= 4 is 27.6 Å². The number of sulfonamides is 1. The number of aliphatic hydroxyl groups excluding tert-OH is 1. The van der Waals surface area contributed by atoms with E-state index in [2.05, 4.69) is 10.6 Å². The Labute approximate surface area is 273 Å². The lowest BCUT2D eigenvalue weighted by atomic mass is 10.0. The average Bonchev–Trinajstić information content (AvgIpc) is 3.01. The van der Waals surface area contributed by atoms with E-state index in [-0.39, 0.29) is 48.2 Å². The summed E-state index contributed by atoms with van der Waals surface area (Å²) >= 11 is 0. The Balaban J connectivity index is 1.95. The third kappa shape index (κ3) is 10.1. The Morgan fingerprint density at radius 3 is 2.46 bits per heavy atom. The smallest absolute Gasteiger partial charge is 0.319 e. The van der Waals surface area contributed by atoms with Gasteiger partial charge < -0.3 is 34.9 Å². The Kier molecular flexibility index (Phi) is 13.7. The quantitative estimate of drug-likeness (QED) is 0.360. The van der Waals surface area contributed by atoms with Gasteiger partial charge in [0.2, 0.25) is 10.0 Å². The van der Waals surface area contributed by atoms with Crippen LogP contribution in [0.1, 0.15) is 64.2 Å². The number of urea groups is 1. The van der Waals surface area contributed by atoms with E-state index in [4.69, 9.17) is 14.2 Å². The van der Waals surface area contributed by atoms with Crippen molar-refractivity contribution in [3.63, 3.8) is 0 Å². The number of carbonyl (C=O) groups is 2. The Morgan fingerprint density at radius 2 is 1.83 bits per heavy atom. The van der Waals surface area contributed by atoms with Crippen LogP contribution in [0.2, 0.25) is 0 Å². The van der Waals surface area contributed by atoms with Crippen molar-refractivity contribution in [2.45, 2.75) is 83.1 Å². The predicted molar refractivity (Wildman–Crippen MR) is 177 cm³/mol. The molecular formula is C33H50N4O8S. The van der Waals surface area contributed by atoms with Gasteiger partial charge in [-0.1, -0.05) is 6.92 Å². The summed E-state index contributed by atoms with van der Waals surface area (Å²) in [6.45, 7) is 9.61. The molecule has 0 saturated carbocycles. The van der Waals surface area contributed by atoms with Crippen LogP contribution >= 0.6 is 0 Å². The highest BCUT2D eigenvalue weighted by atomic mass is 32.2. The number of benzene rings is 2. The van der Waals surface area contributed by atoms with Crippen LogP contribution in [0.15, 0.2) is 47.4 Å². The van der Waals surface area contributed by atoms with E-state index in [0.717, 1.165) is 12.8 Å². The van der Waals surface area contributed by atoms with E-state index in [0.29, 0.717) is 30.2 Å². The monoisotopic (exact) mass is 662 g/mol. The van der Waals surface area contributed by atoms with E-state index in [1.165, 1.54) is 30.6 Å². The molecule has 2 aromatic carbocycles. The number of likely N-dealkylation sites (N-methyl/N-ethyl adjacent to an activating group) is 1. The molecule has 0 fully saturated rings. The fourth-order valence-corrected chi connectivity index (χ4v) is 6.35. The lowest BCUT2D eigenvalue weighted by Crippen LogP contribution is -2.48. The van der Waals surface area contributed by atoms with Gasteiger partial charge in [-0.2, -0.15) is 4.31 Å². The first-order chi connectivity index (χ1) is 21.8. The van der Waals surface area contributed by atoms with Crippen LogP contribution in [0.5, 0.6) is 11.5 Å². The van der Waals surface area contributed by atoms with Gasteiger partial charge >= 0.3 is 6.03 Å². The molecule has 0 unspecified atom stereocenters. The van der Waals surface area contributed by atoms with Crippen LogP contribution in [-0.4, -0.2) is 99.4 Å². The second-order valence-electron chi connectivity index (χ2n) is 12.2. The van der Waals surface area contributed by atoms with Gasteiger partial charge in [-0.05, 0) is 89.4 Å². The van der Waals surface area contributed by atoms with Crippen LogP contribution < -0.4 is 20.1 Å². The van der Waals surface area contributed by atoms with Gasteiger partial charge in [0, 0.05) is 44.4 Å². The maximum Gasteiger partial charge on any atom is 0.319 e. The molecule has 13 heteroatoms. The number of rotatable bonds is 9. The molecule has 3 amide bonds. The molecule has 0 bridgehead atoms. The minimum absolute atomic E-state index is 0.0558. The van der Waals surface area contributed by atoms with Crippen LogP contribution in [0, 0.1) is 5.92 Å². The maximum absolute atomic E-state index is 14.2. The number of amides is 3. The third-order valence-corrected chi connectivity index (χ3v) is 9.77. The largest absolute Gasteiger partial charge is 0.497 e. The van der Waals surface area contributed by atoms with Gasteiger partial charge in [-0.25, -0.2) is 13.2 Å². The van der Waals surface area contributed by atoms with Gasteiger partial charge in [0.25, 0.3) is 5.91 Å². The maximum atomic E-state index is 14.2. The van der Waals surface area contributed by atoms with Gasteiger partial charge in [0.05, 0.1) is 42.4 Å². The van der Waals surface area contributed by atoms with E-state index in [1.807, 2.05) is 27.7 Å². The Bertz CT molecular complexity index is 1400. The molecule has 12 nitrogen and oxygen atoms in total. The van der Waals surface area contributed by atoms with Gasteiger partial charge in [-0.3, -0.25) is 4.79 Å². The molecule has 0 saturated heterocycles. The fraction of sp³-hybridized carbons (Fsp3) is 0.576. The number of carbonyl (C=O) groups excluding carboxylic acids is 2. The predicted octanol–water partition coefficient (Wildman–Crippen LogP) is 4.34. The zero-order valence-electron chi connectivity index (χ0n) is 28.0.